The Balaban J connectivity index is 1.87. The fourth-order valence-corrected chi connectivity index (χ4v) is 3.01. The minimum absolute atomic E-state index is 0.0204. The first-order chi connectivity index (χ1) is 9.87. The van der Waals surface area contributed by atoms with E-state index in [-0.39, 0.29) is 11.5 Å². The van der Waals surface area contributed by atoms with E-state index in [2.05, 4.69) is 12.1 Å². The van der Waals surface area contributed by atoms with Crippen LogP contribution in [-0.4, -0.2) is 29.7 Å². The molecule has 1 aromatic rings. The summed E-state index contributed by atoms with van der Waals surface area (Å²) in [6.07, 6.45) is 1.62. The number of rotatable bonds is 2. The number of likely N-dealkylation sites (tertiary alicyclic amines) is 1. The largest absolute Gasteiger partial charge is 0.444 e. The summed E-state index contributed by atoms with van der Waals surface area (Å²) in [7, 11) is 0. The zero-order chi connectivity index (χ0) is 15.5. The van der Waals surface area contributed by atoms with E-state index in [4.69, 9.17) is 16.3 Å². The predicted octanol–water partition coefficient (Wildman–Crippen LogP) is 4.61. The third-order valence-electron chi connectivity index (χ3n) is 3.72. The zero-order valence-corrected chi connectivity index (χ0v) is 13.8. The summed E-state index contributed by atoms with van der Waals surface area (Å²) < 4.78 is 5.41. The Bertz CT molecular complexity index is 461. The Hall–Kier alpha value is -1.22. The maximum atomic E-state index is 12.0. The summed E-state index contributed by atoms with van der Waals surface area (Å²) in [5.74, 6) is 0.410. The lowest BCUT2D eigenvalue weighted by Crippen LogP contribution is -2.42. The number of carbonyl (C=O) groups is 1. The molecule has 0 spiro atoms. The van der Waals surface area contributed by atoms with Crippen LogP contribution in [0.4, 0.5) is 4.79 Å². The maximum absolute atomic E-state index is 12.0. The van der Waals surface area contributed by atoms with Gasteiger partial charge in [-0.25, -0.2) is 4.79 Å². The molecule has 3 nitrogen and oxygen atoms in total. The molecule has 1 aromatic carbocycles. The van der Waals surface area contributed by atoms with E-state index < -0.39 is 5.60 Å². The second-order valence-corrected chi connectivity index (χ2v) is 7.09. The van der Waals surface area contributed by atoms with Crippen LogP contribution in [0.25, 0.3) is 0 Å². The molecule has 0 aliphatic carbocycles. The van der Waals surface area contributed by atoms with Crippen LogP contribution >= 0.6 is 11.6 Å². The highest BCUT2D eigenvalue weighted by Crippen LogP contribution is 2.35. The zero-order valence-electron chi connectivity index (χ0n) is 13.0. The summed E-state index contributed by atoms with van der Waals surface area (Å²) in [5.41, 5.74) is 0.724. The van der Waals surface area contributed by atoms with Gasteiger partial charge in [0.05, 0.1) is 5.38 Å². The molecular formula is C17H24ClNO2. The van der Waals surface area contributed by atoms with Crippen molar-refractivity contribution < 1.29 is 9.53 Å². The fourth-order valence-electron chi connectivity index (χ4n) is 2.61. The number of hydrogen-bond acceptors (Lipinski definition) is 2. The summed E-state index contributed by atoms with van der Waals surface area (Å²) in [4.78, 5) is 13.8. The van der Waals surface area contributed by atoms with Gasteiger partial charge < -0.3 is 9.64 Å². The van der Waals surface area contributed by atoms with E-state index in [9.17, 15) is 4.79 Å². The first kappa shape index (κ1) is 16.2. The molecule has 1 amide bonds. The van der Waals surface area contributed by atoms with Crippen LogP contribution in [-0.2, 0) is 4.74 Å². The fraction of sp³-hybridized carbons (Fsp3) is 0.588. The van der Waals surface area contributed by atoms with Gasteiger partial charge in [-0.2, -0.15) is 0 Å². The van der Waals surface area contributed by atoms with Crippen LogP contribution in [0.5, 0.6) is 0 Å². The normalized spacial score (nSPS) is 18.4. The third-order valence-corrected chi connectivity index (χ3v) is 4.33. The van der Waals surface area contributed by atoms with Crippen molar-refractivity contribution in [2.45, 2.75) is 44.6 Å². The van der Waals surface area contributed by atoms with Gasteiger partial charge in [0, 0.05) is 13.1 Å². The molecule has 0 N–H and O–H groups in total. The number of carbonyl (C=O) groups excluding carboxylic acids is 1. The number of benzene rings is 1. The molecule has 1 heterocycles. The van der Waals surface area contributed by atoms with Gasteiger partial charge in [-0.05, 0) is 45.1 Å². The second kappa shape index (κ2) is 6.69. The van der Waals surface area contributed by atoms with E-state index in [0.29, 0.717) is 5.92 Å². The van der Waals surface area contributed by atoms with Crippen molar-refractivity contribution in [2.24, 2.45) is 5.92 Å². The van der Waals surface area contributed by atoms with Gasteiger partial charge in [0.25, 0.3) is 0 Å². The molecule has 0 radical (unpaired) electrons. The van der Waals surface area contributed by atoms with Crippen molar-refractivity contribution in [3.05, 3.63) is 35.9 Å². The average Bonchev–Trinajstić information content (AvgIpc) is 2.46. The minimum Gasteiger partial charge on any atom is -0.444 e. The van der Waals surface area contributed by atoms with Gasteiger partial charge in [0.1, 0.15) is 5.60 Å². The SMILES string of the molecule is CC(C)(C)OC(=O)N1CCC(C(Cl)c2ccccc2)CC1. The number of piperidine rings is 1. The third kappa shape index (κ3) is 4.63. The number of ether oxygens (including phenoxy) is 1. The molecule has 1 aliphatic rings. The molecule has 1 aliphatic heterocycles. The summed E-state index contributed by atoms with van der Waals surface area (Å²) in [5, 5.41) is 0.0204. The summed E-state index contributed by atoms with van der Waals surface area (Å²) in [6.45, 7) is 7.11. The van der Waals surface area contributed by atoms with E-state index in [0.717, 1.165) is 31.5 Å². The van der Waals surface area contributed by atoms with Crippen LogP contribution in [0, 0.1) is 5.92 Å². The van der Waals surface area contributed by atoms with Crippen LogP contribution in [0.2, 0.25) is 0 Å². The van der Waals surface area contributed by atoms with Gasteiger partial charge in [0.2, 0.25) is 0 Å². The second-order valence-electron chi connectivity index (χ2n) is 6.62. The molecule has 0 aromatic heterocycles. The Morgan fingerprint density at radius 1 is 1.24 bits per heavy atom. The van der Waals surface area contributed by atoms with Gasteiger partial charge in [-0.3, -0.25) is 0 Å². The Morgan fingerprint density at radius 2 is 1.81 bits per heavy atom. The van der Waals surface area contributed by atoms with Crippen molar-refractivity contribution in [3.63, 3.8) is 0 Å². The molecular weight excluding hydrogens is 286 g/mol. The lowest BCUT2D eigenvalue weighted by molar-refractivity contribution is 0.0182. The molecule has 0 bridgehead atoms. The molecule has 1 saturated heterocycles. The predicted molar refractivity (Wildman–Crippen MR) is 85.6 cm³/mol. The highest BCUT2D eigenvalue weighted by Gasteiger charge is 2.30. The molecule has 1 unspecified atom stereocenters. The van der Waals surface area contributed by atoms with Crippen molar-refractivity contribution in [1.29, 1.82) is 0 Å². The number of halogens is 1. The number of hydrogen-bond donors (Lipinski definition) is 0. The average molecular weight is 310 g/mol. The van der Waals surface area contributed by atoms with Crippen LogP contribution in [0.3, 0.4) is 0 Å². The van der Waals surface area contributed by atoms with Gasteiger partial charge >= 0.3 is 6.09 Å². The quantitative estimate of drug-likeness (QED) is 0.746. The van der Waals surface area contributed by atoms with E-state index in [1.807, 2.05) is 39.0 Å². The topological polar surface area (TPSA) is 29.5 Å². The van der Waals surface area contributed by atoms with Crippen LogP contribution < -0.4 is 0 Å². The Morgan fingerprint density at radius 3 is 2.33 bits per heavy atom. The van der Waals surface area contributed by atoms with Crippen molar-refractivity contribution in [1.82, 2.24) is 4.90 Å². The van der Waals surface area contributed by atoms with Crippen molar-refractivity contribution in [3.8, 4) is 0 Å². The molecule has 116 valence electrons. The smallest absolute Gasteiger partial charge is 0.410 e. The first-order valence-electron chi connectivity index (χ1n) is 7.54. The maximum Gasteiger partial charge on any atom is 0.410 e. The van der Waals surface area contributed by atoms with Crippen LogP contribution in [0.1, 0.15) is 44.6 Å². The molecule has 1 atom stereocenters. The molecule has 0 saturated carbocycles. The van der Waals surface area contributed by atoms with E-state index in [1.165, 1.54) is 0 Å². The van der Waals surface area contributed by atoms with Gasteiger partial charge in [0.15, 0.2) is 0 Å². The molecule has 21 heavy (non-hydrogen) atoms. The van der Waals surface area contributed by atoms with Gasteiger partial charge in [-0.15, -0.1) is 11.6 Å². The lowest BCUT2D eigenvalue weighted by Gasteiger charge is -2.35. The number of alkyl halides is 1. The molecule has 2 rings (SSSR count). The lowest BCUT2D eigenvalue weighted by atomic mass is 9.90. The highest BCUT2D eigenvalue weighted by atomic mass is 35.5. The standard InChI is InChI=1S/C17H24ClNO2/c1-17(2,3)21-16(20)19-11-9-14(10-12-19)15(18)13-7-5-4-6-8-13/h4-8,14-15H,9-12H2,1-3H3. The van der Waals surface area contributed by atoms with Crippen molar-refractivity contribution in [2.75, 3.05) is 13.1 Å². The molecule has 4 heteroatoms. The Labute approximate surface area is 132 Å². The summed E-state index contributed by atoms with van der Waals surface area (Å²) >= 11 is 6.58. The first-order valence-corrected chi connectivity index (χ1v) is 7.97. The van der Waals surface area contributed by atoms with E-state index in [1.54, 1.807) is 4.90 Å². The number of nitrogens with zero attached hydrogens (tertiary/aromatic N) is 1. The molecule has 1 fully saturated rings. The minimum atomic E-state index is -0.438. The van der Waals surface area contributed by atoms with Crippen molar-refractivity contribution >= 4 is 17.7 Å². The van der Waals surface area contributed by atoms with Crippen LogP contribution in [0.15, 0.2) is 30.3 Å². The number of amides is 1. The van der Waals surface area contributed by atoms with E-state index >= 15 is 0 Å². The van der Waals surface area contributed by atoms with Gasteiger partial charge in [-0.1, -0.05) is 30.3 Å². The highest BCUT2D eigenvalue weighted by molar-refractivity contribution is 6.21. The Kier molecular flexibility index (Phi) is 5.15. The monoisotopic (exact) mass is 309 g/mol. The summed E-state index contributed by atoms with van der Waals surface area (Å²) in [6, 6.07) is 10.2.